The molecule has 0 spiro atoms. The van der Waals surface area contributed by atoms with Crippen LogP contribution in [-0.4, -0.2) is 34.3 Å². The van der Waals surface area contributed by atoms with Crippen LogP contribution in [0.2, 0.25) is 0 Å². The lowest BCUT2D eigenvalue weighted by Gasteiger charge is -2.22. The summed E-state index contributed by atoms with van der Waals surface area (Å²) in [6.45, 7) is 4.14. The number of anilines is 1. The van der Waals surface area contributed by atoms with E-state index in [1.54, 1.807) is 16.2 Å². The molecule has 1 aliphatic rings. The van der Waals surface area contributed by atoms with E-state index < -0.39 is 0 Å². The van der Waals surface area contributed by atoms with Crippen LogP contribution in [0.1, 0.15) is 24.8 Å². The number of aromatic nitrogens is 1. The summed E-state index contributed by atoms with van der Waals surface area (Å²) >= 11 is 1.60. The molecule has 3 rings (SSSR count). The molecule has 1 fully saturated rings. The average molecular weight is 303 g/mol. The predicted octanol–water partition coefficient (Wildman–Crippen LogP) is 2.55. The number of hydrogen-bond donors (Lipinski definition) is 1. The van der Waals surface area contributed by atoms with Crippen LogP contribution in [0.3, 0.4) is 0 Å². The minimum atomic E-state index is -0.346. The van der Waals surface area contributed by atoms with Crippen LogP contribution in [0.25, 0.3) is 10.2 Å². The normalized spacial score (nSPS) is 18.2. The number of amides is 2. The highest BCUT2D eigenvalue weighted by atomic mass is 32.1. The second-order valence-corrected chi connectivity index (χ2v) is 6.51. The quantitative estimate of drug-likeness (QED) is 0.927. The Morgan fingerprint density at radius 1 is 1.43 bits per heavy atom. The molecule has 110 valence electrons. The monoisotopic (exact) mass is 303 g/mol. The summed E-state index contributed by atoms with van der Waals surface area (Å²) in [5.74, 6) is -0.149. The number of rotatable bonds is 2. The van der Waals surface area contributed by atoms with Gasteiger partial charge in [0, 0.05) is 19.2 Å². The zero-order valence-corrected chi connectivity index (χ0v) is 12.9. The molecule has 2 amide bonds. The first-order valence-electron chi connectivity index (χ1n) is 7.00. The van der Waals surface area contributed by atoms with Crippen molar-refractivity contribution in [2.24, 2.45) is 0 Å². The number of benzene rings is 1. The highest BCUT2D eigenvalue weighted by molar-refractivity contribution is 7.18. The zero-order valence-electron chi connectivity index (χ0n) is 12.0. The fourth-order valence-corrected chi connectivity index (χ4v) is 3.63. The van der Waals surface area contributed by atoms with E-state index in [0.717, 1.165) is 33.8 Å². The van der Waals surface area contributed by atoms with Crippen molar-refractivity contribution in [3.8, 4) is 0 Å². The predicted molar refractivity (Wildman–Crippen MR) is 83.4 cm³/mol. The Balaban J connectivity index is 1.77. The third-order valence-corrected chi connectivity index (χ3v) is 4.66. The lowest BCUT2D eigenvalue weighted by Crippen LogP contribution is -2.42. The largest absolute Gasteiger partial charge is 0.331 e. The van der Waals surface area contributed by atoms with Gasteiger partial charge in [-0.05, 0) is 38.0 Å². The van der Waals surface area contributed by atoms with Crippen LogP contribution >= 0.6 is 11.3 Å². The molecule has 1 atom stereocenters. The van der Waals surface area contributed by atoms with E-state index in [9.17, 15) is 9.59 Å². The molecule has 0 radical (unpaired) electrons. The van der Waals surface area contributed by atoms with E-state index in [0.29, 0.717) is 6.54 Å². The summed E-state index contributed by atoms with van der Waals surface area (Å²) in [7, 11) is 0. The van der Waals surface area contributed by atoms with Crippen LogP contribution in [0.15, 0.2) is 18.2 Å². The van der Waals surface area contributed by atoms with Gasteiger partial charge in [-0.1, -0.05) is 0 Å². The van der Waals surface area contributed by atoms with Crippen LogP contribution in [-0.2, 0) is 9.59 Å². The van der Waals surface area contributed by atoms with Crippen molar-refractivity contribution < 1.29 is 9.59 Å². The van der Waals surface area contributed by atoms with E-state index in [1.165, 1.54) is 6.92 Å². The van der Waals surface area contributed by atoms with E-state index in [4.69, 9.17) is 0 Å². The Labute approximate surface area is 127 Å². The van der Waals surface area contributed by atoms with E-state index in [1.807, 2.05) is 25.1 Å². The first-order valence-corrected chi connectivity index (χ1v) is 7.81. The summed E-state index contributed by atoms with van der Waals surface area (Å²) in [6.07, 6.45) is 1.61. The average Bonchev–Trinajstić information content (AvgIpc) is 3.03. The molecule has 1 unspecified atom stereocenters. The van der Waals surface area contributed by atoms with Gasteiger partial charge in [0.05, 0.1) is 15.2 Å². The fourth-order valence-electron chi connectivity index (χ4n) is 2.76. The molecule has 1 aromatic heterocycles. The summed E-state index contributed by atoms with van der Waals surface area (Å²) in [5, 5.41) is 3.92. The second-order valence-electron chi connectivity index (χ2n) is 5.28. The number of fused-ring (bicyclic) bond motifs is 1. The summed E-state index contributed by atoms with van der Waals surface area (Å²) in [5.41, 5.74) is 1.70. The number of carbonyl (C=O) groups excluding carboxylic acids is 2. The molecular formula is C15H17N3O2S. The van der Waals surface area contributed by atoms with Crippen molar-refractivity contribution >= 4 is 39.1 Å². The number of likely N-dealkylation sites (tertiary alicyclic amines) is 1. The molecule has 0 aliphatic carbocycles. The van der Waals surface area contributed by atoms with Gasteiger partial charge in [-0.2, -0.15) is 0 Å². The SMILES string of the molecule is CC(=O)N1CCCC1C(=O)Nc1ccc2nc(C)sc2c1. The number of nitrogens with zero attached hydrogens (tertiary/aromatic N) is 2. The van der Waals surface area contributed by atoms with Crippen LogP contribution in [0, 0.1) is 6.92 Å². The van der Waals surface area contributed by atoms with Gasteiger partial charge < -0.3 is 10.2 Å². The maximum Gasteiger partial charge on any atom is 0.247 e. The topological polar surface area (TPSA) is 62.3 Å². The van der Waals surface area contributed by atoms with E-state index in [-0.39, 0.29) is 17.9 Å². The summed E-state index contributed by atoms with van der Waals surface area (Å²) in [4.78, 5) is 29.9. The molecule has 0 saturated carbocycles. The Kier molecular flexibility index (Phi) is 3.63. The number of carbonyl (C=O) groups is 2. The maximum atomic E-state index is 12.4. The van der Waals surface area contributed by atoms with Crippen molar-refractivity contribution in [2.75, 3.05) is 11.9 Å². The molecule has 2 heterocycles. The molecule has 5 nitrogen and oxygen atoms in total. The number of hydrogen-bond acceptors (Lipinski definition) is 4. The lowest BCUT2D eigenvalue weighted by atomic mass is 10.2. The van der Waals surface area contributed by atoms with Crippen LogP contribution in [0.5, 0.6) is 0 Å². The van der Waals surface area contributed by atoms with Gasteiger partial charge in [0.2, 0.25) is 11.8 Å². The highest BCUT2D eigenvalue weighted by Crippen LogP contribution is 2.25. The van der Waals surface area contributed by atoms with Crippen molar-refractivity contribution in [1.29, 1.82) is 0 Å². The third-order valence-electron chi connectivity index (χ3n) is 3.72. The first kappa shape index (κ1) is 14.0. The van der Waals surface area contributed by atoms with Crippen molar-refractivity contribution in [1.82, 2.24) is 9.88 Å². The maximum absolute atomic E-state index is 12.4. The number of nitrogens with one attached hydrogen (secondary N) is 1. The second kappa shape index (κ2) is 5.44. The number of aryl methyl sites for hydroxylation is 1. The van der Waals surface area contributed by atoms with Gasteiger partial charge in [-0.15, -0.1) is 11.3 Å². The Bertz CT molecular complexity index is 710. The highest BCUT2D eigenvalue weighted by Gasteiger charge is 2.32. The van der Waals surface area contributed by atoms with Gasteiger partial charge in [0.1, 0.15) is 6.04 Å². The smallest absolute Gasteiger partial charge is 0.247 e. The summed E-state index contributed by atoms with van der Waals surface area (Å²) < 4.78 is 1.06. The van der Waals surface area contributed by atoms with Crippen LogP contribution < -0.4 is 5.32 Å². The molecule has 6 heteroatoms. The molecule has 1 saturated heterocycles. The van der Waals surface area contributed by atoms with E-state index in [2.05, 4.69) is 10.3 Å². The van der Waals surface area contributed by atoms with Gasteiger partial charge in [-0.25, -0.2) is 4.98 Å². The molecule has 1 aliphatic heterocycles. The summed E-state index contributed by atoms with van der Waals surface area (Å²) in [6, 6.07) is 5.35. The minimum absolute atomic E-state index is 0.0406. The fraction of sp³-hybridized carbons (Fsp3) is 0.400. The molecule has 2 aromatic rings. The van der Waals surface area contributed by atoms with Crippen LogP contribution in [0.4, 0.5) is 5.69 Å². The Morgan fingerprint density at radius 3 is 3.00 bits per heavy atom. The zero-order chi connectivity index (χ0) is 15.0. The molecule has 21 heavy (non-hydrogen) atoms. The lowest BCUT2D eigenvalue weighted by molar-refractivity contribution is -0.134. The Morgan fingerprint density at radius 2 is 2.24 bits per heavy atom. The molecule has 0 bridgehead atoms. The first-order chi connectivity index (χ1) is 10.0. The van der Waals surface area contributed by atoms with Crippen molar-refractivity contribution in [3.63, 3.8) is 0 Å². The van der Waals surface area contributed by atoms with Gasteiger partial charge in [0.25, 0.3) is 0 Å². The minimum Gasteiger partial charge on any atom is -0.331 e. The van der Waals surface area contributed by atoms with Crippen molar-refractivity contribution in [3.05, 3.63) is 23.2 Å². The van der Waals surface area contributed by atoms with E-state index >= 15 is 0 Å². The van der Waals surface area contributed by atoms with Crippen molar-refractivity contribution in [2.45, 2.75) is 32.7 Å². The van der Waals surface area contributed by atoms with Gasteiger partial charge in [0.15, 0.2) is 0 Å². The third kappa shape index (κ3) is 2.76. The Hall–Kier alpha value is -1.95. The van der Waals surface area contributed by atoms with Gasteiger partial charge in [-0.3, -0.25) is 9.59 Å². The standard InChI is InChI=1S/C15H17N3O2S/c1-9-16-12-6-5-11(8-14(12)21-9)17-15(20)13-4-3-7-18(13)10(2)19/h5-6,8,13H,3-4,7H2,1-2H3,(H,17,20). The molecule has 1 N–H and O–H groups in total. The molecule has 1 aromatic carbocycles. The molecular weight excluding hydrogens is 286 g/mol. The number of thiazole rings is 1. The van der Waals surface area contributed by atoms with Gasteiger partial charge >= 0.3 is 0 Å².